The predicted molar refractivity (Wildman–Crippen MR) is 152 cm³/mol. The molecule has 0 bridgehead atoms. The standard InChI is InChI=1S/C30H30Cl2N2O5/c1-2-30(16-35,17-36)18-38-22-8-3-19(4-9-22)28-27-24(25-15-21(32)7-12-26(25)33-27)13-14-34(28)29(37)39-23-10-5-20(31)6-11-23/h3-12,15,28,33,35-36H,2,13-14,16-18H2,1H3/t28-/m0/s1. The van der Waals surface area contributed by atoms with E-state index in [9.17, 15) is 15.0 Å². The lowest BCUT2D eigenvalue weighted by Gasteiger charge is -2.35. The van der Waals surface area contributed by atoms with E-state index < -0.39 is 17.6 Å². The Morgan fingerprint density at radius 3 is 2.33 bits per heavy atom. The molecule has 39 heavy (non-hydrogen) atoms. The zero-order chi connectivity index (χ0) is 27.6. The quantitative estimate of drug-likeness (QED) is 0.229. The van der Waals surface area contributed by atoms with Gasteiger partial charge in [-0.05, 0) is 78.6 Å². The molecule has 1 aromatic heterocycles. The zero-order valence-corrected chi connectivity index (χ0v) is 23.0. The Bertz CT molecular complexity index is 1440. The van der Waals surface area contributed by atoms with Crippen molar-refractivity contribution in [2.24, 2.45) is 5.41 Å². The van der Waals surface area contributed by atoms with Gasteiger partial charge in [0.2, 0.25) is 0 Å². The van der Waals surface area contributed by atoms with Crippen LogP contribution in [0.15, 0.2) is 66.7 Å². The maximum absolute atomic E-state index is 13.5. The summed E-state index contributed by atoms with van der Waals surface area (Å²) in [7, 11) is 0. The van der Waals surface area contributed by atoms with Crippen LogP contribution >= 0.6 is 23.2 Å². The van der Waals surface area contributed by atoms with Crippen LogP contribution in [0.3, 0.4) is 0 Å². The van der Waals surface area contributed by atoms with Gasteiger partial charge in [-0.1, -0.05) is 42.3 Å². The van der Waals surface area contributed by atoms with E-state index in [1.807, 2.05) is 49.4 Å². The molecule has 2 heterocycles. The molecule has 0 fully saturated rings. The van der Waals surface area contributed by atoms with Crippen molar-refractivity contribution in [3.05, 3.63) is 93.6 Å². The summed E-state index contributed by atoms with van der Waals surface area (Å²) in [5.41, 5.74) is 3.15. The van der Waals surface area contributed by atoms with Crippen molar-refractivity contribution in [1.29, 1.82) is 0 Å². The van der Waals surface area contributed by atoms with Crippen molar-refractivity contribution < 1.29 is 24.5 Å². The Morgan fingerprint density at radius 1 is 1.00 bits per heavy atom. The fraction of sp³-hybridized carbons (Fsp3) is 0.300. The SMILES string of the molecule is CCC(CO)(CO)COc1ccc([C@H]2c3[nH]c4ccc(Cl)cc4c3CCN2C(=O)Oc2ccc(Cl)cc2)cc1. The van der Waals surface area contributed by atoms with E-state index in [1.165, 1.54) is 0 Å². The first kappa shape index (κ1) is 27.3. The number of amides is 1. The molecule has 1 atom stereocenters. The normalized spacial score (nSPS) is 15.3. The summed E-state index contributed by atoms with van der Waals surface area (Å²) in [6.45, 7) is 2.21. The average Bonchev–Trinajstić information content (AvgIpc) is 3.33. The number of carbonyl (C=O) groups is 1. The Morgan fingerprint density at radius 2 is 1.67 bits per heavy atom. The number of H-pyrrole nitrogens is 1. The highest BCUT2D eigenvalue weighted by molar-refractivity contribution is 6.31. The Balaban J connectivity index is 1.47. The van der Waals surface area contributed by atoms with E-state index in [0.29, 0.717) is 40.9 Å². The van der Waals surface area contributed by atoms with Gasteiger partial charge in [0.1, 0.15) is 17.5 Å². The van der Waals surface area contributed by atoms with Crippen LogP contribution in [0.2, 0.25) is 10.0 Å². The number of nitrogens with zero attached hydrogens (tertiary/aromatic N) is 1. The minimum atomic E-state index is -0.704. The molecule has 0 saturated carbocycles. The molecule has 204 valence electrons. The van der Waals surface area contributed by atoms with Crippen LogP contribution in [0.1, 0.15) is 36.2 Å². The summed E-state index contributed by atoms with van der Waals surface area (Å²) in [4.78, 5) is 18.7. The minimum absolute atomic E-state index is 0.169. The van der Waals surface area contributed by atoms with Gasteiger partial charge < -0.3 is 24.7 Å². The number of hydrogen-bond acceptors (Lipinski definition) is 5. The van der Waals surface area contributed by atoms with Gasteiger partial charge in [0.15, 0.2) is 0 Å². The van der Waals surface area contributed by atoms with Crippen LogP contribution in [-0.2, 0) is 6.42 Å². The molecule has 1 aliphatic heterocycles. The fourth-order valence-corrected chi connectivity index (χ4v) is 5.21. The second kappa shape index (κ2) is 11.5. The number of halogens is 2. The highest BCUT2D eigenvalue weighted by Crippen LogP contribution is 2.40. The molecule has 5 rings (SSSR count). The summed E-state index contributed by atoms with van der Waals surface area (Å²) >= 11 is 12.3. The molecular formula is C30H30Cl2N2O5. The van der Waals surface area contributed by atoms with Crippen LogP contribution < -0.4 is 9.47 Å². The molecule has 9 heteroatoms. The van der Waals surface area contributed by atoms with Crippen molar-refractivity contribution in [3.8, 4) is 11.5 Å². The lowest BCUT2D eigenvalue weighted by molar-refractivity contribution is 0.0114. The van der Waals surface area contributed by atoms with Gasteiger partial charge in [0.25, 0.3) is 0 Å². The minimum Gasteiger partial charge on any atom is -0.493 e. The lowest BCUT2D eigenvalue weighted by atomic mass is 9.88. The third-order valence-corrected chi connectivity index (χ3v) is 7.99. The van der Waals surface area contributed by atoms with Crippen molar-refractivity contribution >= 4 is 40.2 Å². The smallest absolute Gasteiger partial charge is 0.416 e. The number of aromatic nitrogens is 1. The van der Waals surface area contributed by atoms with Gasteiger partial charge in [-0.3, -0.25) is 4.90 Å². The maximum Gasteiger partial charge on any atom is 0.416 e. The first-order valence-electron chi connectivity index (χ1n) is 12.8. The second-order valence-corrected chi connectivity index (χ2v) is 10.8. The van der Waals surface area contributed by atoms with Crippen molar-refractivity contribution in [2.45, 2.75) is 25.8 Å². The number of aliphatic hydroxyl groups is 2. The van der Waals surface area contributed by atoms with E-state index >= 15 is 0 Å². The van der Waals surface area contributed by atoms with E-state index in [0.717, 1.165) is 27.7 Å². The van der Waals surface area contributed by atoms with Crippen molar-refractivity contribution in [3.63, 3.8) is 0 Å². The van der Waals surface area contributed by atoms with Crippen molar-refractivity contribution in [1.82, 2.24) is 9.88 Å². The molecule has 4 aromatic rings. The summed E-state index contributed by atoms with van der Waals surface area (Å²) in [6, 6.07) is 19.5. The molecule has 0 unspecified atom stereocenters. The lowest BCUT2D eigenvalue weighted by Crippen LogP contribution is -2.42. The van der Waals surface area contributed by atoms with Gasteiger partial charge in [0.05, 0.1) is 25.2 Å². The molecule has 0 aliphatic carbocycles. The number of hydrogen-bond donors (Lipinski definition) is 3. The maximum atomic E-state index is 13.5. The average molecular weight is 569 g/mol. The first-order valence-corrected chi connectivity index (χ1v) is 13.6. The van der Waals surface area contributed by atoms with E-state index in [-0.39, 0.29) is 19.8 Å². The number of aromatic amines is 1. The van der Waals surface area contributed by atoms with Crippen LogP contribution in [0, 0.1) is 5.41 Å². The van der Waals surface area contributed by atoms with Crippen LogP contribution in [0.5, 0.6) is 11.5 Å². The highest BCUT2D eigenvalue weighted by Gasteiger charge is 2.36. The van der Waals surface area contributed by atoms with Crippen LogP contribution in [-0.4, -0.2) is 52.6 Å². The molecular weight excluding hydrogens is 539 g/mol. The molecule has 0 spiro atoms. The van der Waals surface area contributed by atoms with Crippen molar-refractivity contribution in [2.75, 3.05) is 26.4 Å². The first-order chi connectivity index (χ1) is 18.9. The number of fused-ring (bicyclic) bond motifs is 3. The molecule has 1 amide bonds. The highest BCUT2D eigenvalue weighted by atomic mass is 35.5. The van der Waals surface area contributed by atoms with Crippen LogP contribution in [0.4, 0.5) is 4.79 Å². The largest absolute Gasteiger partial charge is 0.493 e. The molecule has 3 N–H and O–H groups in total. The van der Waals surface area contributed by atoms with Gasteiger partial charge in [0, 0.05) is 33.2 Å². The second-order valence-electron chi connectivity index (χ2n) is 9.90. The summed E-state index contributed by atoms with van der Waals surface area (Å²) in [6.07, 6.45) is 0.756. The third-order valence-electron chi connectivity index (χ3n) is 7.50. The van der Waals surface area contributed by atoms with Gasteiger partial charge in [-0.2, -0.15) is 0 Å². The van der Waals surface area contributed by atoms with Gasteiger partial charge >= 0.3 is 6.09 Å². The zero-order valence-electron chi connectivity index (χ0n) is 21.5. The molecule has 0 saturated heterocycles. The van der Waals surface area contributed by atoms with E-state index in [1.54, 1.807) is 29.2 Å². The number of rotatable bonds is 8. The summed E-state index contributed by atoms with van der Waals surface area (Å²) < 4.78 is 11.6. The Kier molecular flexibility index (Phi) is 8.05. The van der Waals surface area contributed by atoms with E-state index in [4.69, 9.17) is 32.7 Å². The van der Waals surface area contributed by atoms with Gasteiger partial charge in [-0.15, -0.1) is 0 Å². The number of benzene rings is 3. The van der Waals surface area contributed by atoms with E-state index in [2.05, 4.69) is 4.98 Å². The molecule has 1 aliphatic rings. The topological polar surface area (TPSA) is 95.0 Å². The number of aliphatic hydroxyl groups excluding tert-OH is 2. The van der Waals surface area contributed by atoms with Gasteiger partial charge in [-0.25, -0.2) is 4.79 Å². The molecule has 3 aromatic carbocycles. The Labute approximate surface area is 236 Å². The molecule has 0 radical (unpaired) electrons. The molecule has 7 nitrogen and oxygen atoms in total. The third kappa shape index (κ3) is 5.58. The number of nitrogens with one attached hydrogen (secondary N) is 1. The number of carbonyl (C=O) groups excluding carboxylic acids is 1. The Hall–Kier alpha value is -3.23. The summed E-state index contributed by atoms with van der Waals surface area (Å²) in [5.74, 6) is 1.02. The predicted octanol–water partition coefficient (Wildman–Crippen LogP) is 6.38. The number of ether oxygens (including phenoxy) is 2. The monoisotopic (exact) mass is 568 g/mol. The fourth-order valence-electron chi connectivity index (χ4n) is 4.92. The summed E-state index contributed by atoms with van der Waals surface area (Å²) in [5, 5.41) is 21.7. The van der Waals surface area contributed by atoms with Crippen LogP contribution in [0.25, 0.3) is 10.9 Å².